The molecule has 5 heteroatoms. The van der Waals surface area contributed by atoms with E-state index in [1.807, 2.05) is 32.9 Å². The monoisotopic (exact) mass is 321 g/mol. The average molecular weight is 323 g/mol. The second-order valence-electron chi connectivity index (χ2n) is 4.27. The maximum Gasteiger partial charge on any atom is 0.144 e. The first kappa shape index (κ1) is 13.9. The molecule has 0 radical (unpaired) electrons. The van der Waals surface area contributed by atoms with Gasteiger partial charge in [0.2, 0.25) is 0 Å². The van der Waals surface area contributed by atoms with Gasteiger partial charge in [-0.05, 0) is 54.4 Å². The van der Waals surface area contributed by atoms with E-state index in [-0.39, 0.29) is 4.75 Å². The molecule has 0 saturated carbocycles. The summed E-state index contributed by atoms with van der Waals surface area (Å²) < 4.78 is 16.2. The Morgan fingerprint density at radius 1 is 1.44 bits per heavy atom. The van der Waals surface area contributed by atoms with Crippen molar-refractivity contribution in [3.05, 3.63) is 33.3 Å². The molecule has 1 aromatic rings. The van der Waals surface area contributed by atoms with E-state index in [1.54, 1.807) is 12.3 Å². The largest absolute Gasteiger partial charge is 0.234 e. The smallest absolute Gasteiger partial charge is 0.144 e. The predicted octanol–water partition coefficient (Wildman–Crippen LogP) is 3.98. The first-order chi connectivity index (χ1) is 7.30. The van der Waals surface area contributed by atoms with Gasteiger partial charge >= 0.3 is 0 Å². The molecule has 0 aliphatic carbocycles. The lowest BCUT2D eigenvalue weighted by molar-refractivity contribution is 0.651. The van der Waals surface area contributed by atoms with E-state index in [9.17, 15) is 4.21 Å². The molecule has 0 aliphatic rings. The van der Waals surface area contributed by atoms with Gasteiger partial charge < -0.3 is 0 Å². The zero-order chi connectivity index (χ0) is 12.3. The highest BCUT2D eigenvalue weighted by Gasteiger charge is 2.18. The van der Waals surface area contributed by atoms with Crippen LogP contribution in [-0.4, -0.2) is 15.2 Å². The van der Waals surface area contributed by atoms with Crippen LogP contribution < -0.4 is 0 Å². The first-order valence-corrected chi connectivity index (χ1v) is 6.99. The minimum Gasteiger partial charge on any atom is -0.234 e. The van der Waals surface area contributed by atoms with Crippen molar-refractivity contribution in [3.63, 3.8) is 0 Å². The third kappa shape index (κ3) is 4.00. The van der Waals surface area contributed by atoms with Gasteiger partial charge in [-0.25, -0.2) is 4.21 Å². The van der Waals surface area contributed by atoms with Gasteiger partial charge in [0, 0.05) is 10.7 Å². The lowest BCUT2D eigenvalue weighted by Crippen LogP contribution is -2.19. The Balaban J connectivity index is 2.85. The number of rotatable bonds is 2. The second-order valence-corrected chi connectivity index (χ2v) is 7.46. The summed E-state index contributed by atoms with van der Waals surface area (Å²) in [5.74, 6) is 0. The van der Waals surface area contributed by atoms with Gasteiger partial charge in [0.1, 0.15) is 11.0 Å². The molecule has 0 aliphatic heterocycles. The van der Waals surface area contributed by atoms with Crippen LogP contribution in [0.3, 0.4) is 0 Å². The Bertz CT molecular complexity index is 440. The van der Waals surface area contributed by atoms with Gasteiger partial charge in [0.25, 0.3) is 0 Å². The van der Waals surface area contributed by atoms with Gasteiger partial charge in [-0.1, -0.05) is 17.7 Å². The molecule has 1 atom stereocenters. The number of hydrogen-bond donors (Lipinski definition) is 0. The van der Waals surface area contributed by atoms with E-state index in [1.165, 1.54) is 0 Å². The normalized spacial score (nSPS) is 14.3. The SMILES string of the molecule is CC(C)(C)S(=O)N=Cc1ccc(Cl)c(Br)c1. The Morgan fingerprint density at radius 3 is 2.56 bits per heavy atom. The lowest BCUT2D eigenvalue weighted by Gasteiger charge is -2.12. The molecule has 0 amide bonds. The Labute approximate surface area is 112 Å². The molecule has 0 spiro atoms. The molecule has 1 unspecified atom stereocenters. The van der Waals surface area contributed by atoms with Crippen molar-refractivity contribution in [2.75, 3.05) is 0 Å². The second kappa shape index (κ2) is 5.43. The van der Waals surface area contributed by atoms with Crippen LogP contribution in [0, 0.1) is 0 Å². The molecule has 0 fully saturated rings. The number of benzene rings is 1. The topological polar surface area (TPSA) is 29.4 Å². The molecule has 1 rings (SSSR count). The fraction of sp³-hybridized carbons (Fsp3) is 0.364. The third-order valence-corrected chi connectivity index (χ3v) is 4.32. The molecule has 0 saturated heterocycles. The predicted molar refractivity (Wildman–Crippen MR) is 74.6 cm³/mol. The summed E-state index contributed by atoms with van der Waals surface area (Å²) in [5.41, 5.74) is 0.869. The highest BCUT2D eigenvalue weighted by Crippen LogP contribution is 2.22. The van der Waals surface area contributed by atoms with Crippen LogP contribution in [0.2, 0.25) is 5.02 Å². The van der Waals surface area contributed by atoms with Crippen molar-refractivity contribution in [2.45, 2.75) is 25.5 Å². The van der Waals surface area contributed by atoms with E-state index < -0.39 is 11.0 Å². The molecule has 0 aromatic heterocycles. The van der Waals surface area contributed by atoms with Crippen molar-refractivity contribution in [1.82, 2.24) is 0 Å². The van der Waals surface area contributed by atoms with E-state index in [2.05, 4.69) is 20.3 Å². The van der Waals surface area contributed by atoms with Crippen LogP contribution in [0.4, 0.5) is 0 Å². The van der Waals surface area contributed by atoms with Gasteiger partial charge in [-0.2, -0.15) is 4.40 Å². The number of nitrogens with zero attached hydrogens (tertiary/aromatic N) is 1. The summed E-state index contributed by atoms with van der Waals surface area (Å²) in [6, 6.07) is 5.44. The van der Waals surface area contributed by atoms with E-state index in [0.717, 1.165) is 10.0 Å². The summed E-state index contributed by atoms with van der Waals surface area (Å²) >= 11 is 9.19. The molecular weight excluding hydrogens is 310 g/mol. The van der Waals surface area contributed by atoms with Crippen molar-refractivity contribution in [2.24, 2.45) is 4.40 Å². The molecule has 0 N–H and O–H groups in total. The van der Waals surface area contributed by atoms with Crippen molar-refractivity contribution < 1.29 is 4.21 Å². The fourth-order valence-electron chi connectivity index (χ4n) is 0.860. The minimum absolute atomic E-state index is 0.333. The molecule has 88 valence electrons. The Kier molecular flexibility index (Phi) is 4.71. The Morgan fingerprint density at radius 2 is 2.06 bits per heavy atom. The molecule has 2 nitrogen and oxygen atoms in total. The van der Waals surface area contributed by atoms with Crippen molar-refractivity contribution >= 4 is 44.7 Å². The average Bonchev–Trinajstić information content (AvgIpc) is 2.18. The summed E-state index contributed by atoms with van der Waals surface area (Å²) in [6.45, 7) is 5.66. The summed E-state index contributed by atoms with van der Waals surface area (Å²) in [4.78, 5) is 0. The van der Waals surface area contributed by atoms with Crippen molar-refractivity contribution in [3.8, 4) is 0 Å². The van der Waals surface area contributed by atoms with Gasteiger partial charge in [0.05, 0.1) is 9.77 Å². The zero-order valence-electron chi connectivity index (χ0n) is 9.33. The van der Waals surface area contributed by atoms with Gasteiger partial charge in [-0.15, -0.1) is 0 Å². The Hall–Kier alpha value is -0.190. The molecular formula is C11H13BrClNOS. The molecule has 0 bridgehead atoms. The van der Waals surface area contributed by atoms with Crippen LogP contribution in [0.25, 0.3) is 0 Å². The van der Waals surface area contributed by atoms with Crippen LogP contribution >= 0.6 is 27.5 Å². The number of halogens is 2. The van der Waals surface area contributed by atoms with Crippen LogP contribution in [0.15, 0.2) is 27.1 Å². The van der Waals surface area contributed by atoms with Crippen molar-refractivity contribution in [1.29, 1.82) is 0 Å². The van der Waals surface area contributed by atoms with Crippen LogP contribution in [0.1, 0.15) is 26.3 Å². The zero-order valence-corrected chi connectivity index (χ0v) is 12.5. The van der Waals surface area contributed by atoms with E-state index in [0.29, 0.717) is 5.02 Å². The molecule has 1 aromatic carbocycles. The van der Waals surface area contributed by atoms with Gasteiger partial charge in [-0.3, -0.25) is 0 Å². The molecule has 0 heterocycles. The molecule has 16 heavy (non-hydrogen) atoms. The fourth-order valence-corrected chi connectivity index (χ4v) is 1.91. The third-order valence-electron chi connectivity index (χ3n) is 1.77. The van der Waals surface area contributed by atoms with Crippen LogP contribution in [-0.2, 0) is 11.0 Å². The lowest BCUT2D eigenvalue weighted by atomic mass is 10.2. The summed E-state index contributed by atoms with van der Waals surface area (Å²) in [5, 5.41) is 0.647. The maximum absolute atomic E-state index is 11.7. The summed E-state index contributed by atoms with van der Waals surface area (Å²) in [6.07, 6.45) is 1.60. The van der Waals surface area contributed by atoms with E-state index >= 15 is 0 Å². The maximum atomic E-state index is 11.7. The summed E-state index contributed by atoms with van der Waals surface area (Å²) in [7, 11) is -1.23. The van der Waals surface area contributed by atoms with Gasteiger partial charge in [0.15, 0.2) is 0 Å². The number of hydrogen-bond acceptors (Lipinski definition) is 1. The first-order valence-electron chi connectivity index (χ1n) is 4.72. The van der Waals surface area contributed by atoms with E-state index in [4.69, 9.17) is 11.6 Å². The minimum atomic E-state index is -1.23. The highest BCUT2D eigenvalue weighted by atomic mass is 79.9. The quantitative estimate of drug-likeness (QED) is 0.757. The van der Waals surface area contributed by atoms with Crippen LogP contribution in [0.5, 0.6) is 0 Å². The standard InChI is InChI=1S/C11H13BrClNOS/c1-11(2,3)16(15)14-7-8-4-5-10(13)9(12)6-8/h4-7H,1-3H3. The highest BCUT2D eigenvalue weighted by molar-refractivity contribution is 9.10.